The number of aromatic nitrogens is 2. The van der Waals surface area contributed by atoms with Crippen molar-refractivity contribution in [3.8, 4) is 5.69 Å². The number of carbonyl (C=O) groups excluding carboxylic acids is 2. The Bertz CT molecular complexity index is 1170. The first kappa shape index (κ1) is 24.6. The number of ether oxygens (including phenoxy) is 1. The second-order valence-corrected chi connectivity index (χ2v) is 8.75. The number of piperazine rings is 1. The first-order chi connectivity index (χ1) is 17.0. The van der Waals surface area contributed by atoms with Gasteiger partial charge in [-0.2, -0.15) is 5.10 Å². The van der Waals surface area contributed by atoms with Gasteiger partial charge in [-0.3, -0.25) is 9.69 Å². The minimum absolute atomic E-state index is 0.133. The van der Waals surface area contributed by atoms with E-state index in [4.69, 9.17) is 22.1 Å². The van der Waals surface area contributed by atoms with E-state index in [0.717, 1.165) is 49.9 Å². The summed E-state index contributed by atoms with van der Waals surface area (Å²) in [7, 11) is 1.29. The van der Waals surface area contributed by atoms with Crippen molar-refractivity contribution in [3.05, 3.63) is 70.9 Å². The van der Waals surface area contributed by atoms with Gasteiger partial charge in [-0.25, -0.2) is 9.48 Å². The summed E-state index contributed by atoms with van der Waals surface area (Å²) < 4.78 is 6.13. The molecule has 0 spiro atoms. The van der Waals surface area contributed by atoms with Crippen molar-refractivity contribution in [2.24, 2.45) is 0 Å². The molecule has 9 nitrogen and oxygen atoms in total. The van der Waals surface area contributed by atoms with Gasteiger partial charge in [0, 0.05) is 49.0 Å². The third-order valence-corrected chi connectivity index (χ3v) is 6.30. The number of nitrogen functional groups attached to an aromatic ring is 1. The van der Waals surface area contributed by atoms with Crippen LogP contribution in [0.1, 0.15) is 27.1 Å². The van der Waals surface area contributed by atoms with Crippen LogP contribution in [0.15, 0.2) is 54.7 Å². The van der Waals surface area contributed by atoms with Gasteiger partial charge in [0.2, 0.25) is 0 Å². The van der Waals surface area contributed by atoms with E-state index in [-0.39, 0.29) is 17.3 Å². The van der Waals surface area contributed by atoms with Crippen LogP contribution in [0.25, 0.3) is 5.69 Å². The number of carbonyl (C=O) groups is 2. The van der Waals surface area contributed by atoms with Gasteiger partial charge in [0.15, 0.2) is 0 Å². The minimum Gasteiger partial charge on any atom is -0.465 e. The zero-order valence-corrected chi connectivity index (χ0v) is 20.4. The van der Waals surface area contributed by atoms with Crippen molar-refractivity contribution in [3.63, 3.8) is 0 Å². The molecule has 1 fully saturated rings. The summed E-state index contributed by atoms with van der Waals surface area (Å²) in [6, 6.07) is 14.8. The van der Waals surface area contributed by atoms with Crippen LogP contribution in [0, 0.1) is 0 Å². The zero-order chi connectivity index (χ0) is 24.8. The van der Waals surface area contributed by atoms with Gasteiger partial charge in [-0.15, -0.1) is 0 Å². The van der Waals surface area contributed by atoms with Crippen LogP contribution >= 0.6 is 11.6 Å². The van der Waals surface area contributed by atoms with Crippen LogP contribution in [0.3, 0.4) is 0 Å². The van der Waals surface area contributed by atoms with E-state index in [1.165, 1.54) is 18.0 Å². The third-order valence-electron chi connectivity index (χ3n) is 6.07. The first-order valence-electron chi connectivity index (χ1n) is 11.5. The lowest BCUT2D eigenvalue weighted by Crippen LogP contribution is -2.47. The van der Waals surface area contributed by atoms with Crippen LogP contribution in [0.5, 0.6) is 0 Å². The van der Waals surface area contributed by atoms with Gasteiger partial charge in [0.1, 0.15) is 11.4 Å². The second kappa shape index (κ2) is 11.2. The molecule has 10 heteroatoms. The number of hydrogen-bond acceptors (Lipinski definition) is 7. The molecule has 0 saturated carbocycles. The summed E-state index contributed by atoms with van der Waals surface area (Å²) in [4.78, 5) is 29.0. The number of methoxy groups -OCH3 is 1. The lowest BCUT2D eigenvalue weighted by atomic mass is 10.2. The number of hydrogen-bond donors (Lipinski definition) is 2. The second-order valence-electron chi connectivity index (χ2n) is 8.31. The molecule has 0 aliphatic carbocycles. The summed E-state index contributed by atoms with van der Waals surface area (Å²) in [6.45, 7) is 5.42. The Morgan fingerprint density at radius 3 is 2.51 bits per heavy atom. The maximum Gasteiger partial charge on any atom is 0.343 e. The van der Waals surface area contributed by atoms with E-state index in [0.29, 0.717) is 17.8 Å². The van der Waals surface area contributed by atoms with Crippen LogP contribution in [0.2, 0.25) is 5.02 Å². The van der Waals surface area contributed by atoms with Crippen LogP contribution in [-0.2, 0) is 4.74 Å². The highest BCUT2D eigenvalue weighted by atomic mass is 35.5. The molecule has 35 heavy (non-hydrogen) atoms. The number of nitrogens with zero attached hydrogens (tertiary/aromatic N) is 4. The number of amides is 1. The molecule has 0 radical (unpaired) electrons. The fourth-order valence-electron chi connectivity index (χ4n) is 4.09. The first-order valence-corrected chi connectivity index (χ1v) is 11.9. The number of nitrogens with two attached hydrogens (primary N) is 1. The highest BCUT2D eigenvalue weighted by molar-refractivity contribution is 6.30. The molecule has 0 atom stereocenters. The molecule has 2 heterocycles. The smallest absolute Gasteiger partial charge is 0.343 e. The van der Waals surface area contributed by atoms with Gasteiger partial charge >= 0.3 is 5.97 Å². The Hall–Kier alpha value is -3.56. The van der Waals surface area contributed by atoms with Gasteiger partial charge in [-0.05, 0) is 55.4 Å². The quantitative estimate of drug-likeness (QED) is 0.365. The molecule has 1 aliphatic rings. The maximum atomic E-state index is 12.5. The van der Waals surface area contributed by atoms with E-state index in [1.54, 1.807) is 24.3 Å². The molecule has 1 aromatic heterocycles. The number of rotatable bonds is 8. The normalized spacial score (nSPS) is 14.1. The number of halogens is 1. The summed E-state index contributed by atoms with van der Waals surface area (Å²) >= 11 is 6.11. The van der Waals surface area contributed by atoms with E-state index in [1.807, 2.05) is 18.2 Å². The van der Waals surface area contributed by atoms with Crippen molar-refractivity contribution in [2.45, 2.75) is 6.42 Å². The average molecular weight is 497 g/mol. The van der Waals surface area contributed by atoms with Gasteiger partial charge in [-0.1, -0.05) is 17.7 Å². The van der Waals surface area contributed by atoms with Gasteiger partial charge in [0.05, 0.1) is 19.0 Å². The standard InChI is InChI=1S/C25H29ClN6O3/c1-35-25(34)22-17-29-32(23(22)27)20-8-6-18(7-9-20)24(33)28-10-3-11-30-12-14-31(15-13-30)21-5-2-4-19(26)16-21/h2,4-9,16-17H,3,10-15,27H2,1H3,(H,28,33). The molecular weight excluding hydrogens is 468 g/mol. The fraction of sp³-hybridized carbons (Fsp3) is 0.320. The molecule has 1 aliphatic heterocycles. The van der Waals surface area contributed by atoms with Crippen LogP contribution < -0.4 is 16.0 Å². The molecule has 0 bridgehead atoms. The molecule has 2 aromatic carbocycles. The number of esters is 1. The van der Waals surface area contributed by atoms with Gasteiger partial charge < -0.3 is 20.7 Å². The topological polar surface area (TPSA) is 106 Å². The fourth-order valence-corrected chi connectivity index (χ4v) is 4.28. The SMILES string of the molecule is COC(=O)c1cnn(-c2ccc(C(=O)NCCCN3CCN(c4cccc(Cl)c4)CC3)cc2)c1N. The van der Waals surface area contributed by atoms with Crippen LogP contribution in [0.4, 0.5) is 11.5 Å². The lowest BCUT2D eigenvalue weighted by molar-refractivity contribution is 0.0601. The van der Waals surface area contributed by atoms with E-state index < -0.39 is 5.97 Å². The lowest BCUT2D eigenvalue weighted by Gasteiger charge is -2.36. The summed E-state index contributed by atoms with van der Waals surface area (Å²) in [5.41, 5.74) is 8.55. The monoisotopic (exact) mass is 496 g/mol. The summed E-state index contributed by atoms with van der Waals surface area (Å²) in [6.07, 6.45) is 2.24. The molecule has 3 N–H and O–H groups in total. The number of anilines is 2. The van der Waals surface area contributed by atoms with E-state index >= 15 is 0 Å². The van der Waals surface area contributed by atoms with Crippen molar-refractivity contribution < 1.29 is 14.3 Å². The van der Waals surface area contributed by atoms with Gasteiger partial charge in [0.25, 0.3) is 5.91 Å². The average Bonchev–Trinajstić information content (AvgIpc) is 3.27. The molecule has 3 aromatic rings. The Balaban J connectivity index is 1.20. The minimum atomic E-state index is -0.548. The Morgan fingerprint density at radius 2 is 1.83 bits per heavy atom. The molecule has 4 rings (SSSR count). The van der Waals surface area contributed by atoms with Crippen molar-refractivity contribution in [2.75, 3.05) is 57.0 Å². The number of benzene rings is 2. The number of nitrogens with one attached hydrogen (secondary N) is 1. The highest BCUT2D eigenvalue weighted by Gasteiger charge is 2.18. The van der Waals surface area contributed by atoms with Crippen molar-refractivity contribution in [1.82, 2.24) is 20.0 Å². The Labute approximate surface area is 209 Å². The molecule has 0 unspecified atom stereocenters. The molecule has 1 saturated heterocycles. The van der Waals surface area contributed by atoms with E-state index in [2.05, 4.69) is 26.3 Å². The Kier molecular flexibility index (Phi) is 7.89. The molecule has 184 valence electrons. The maximum absolute atomic E-state index is 12.5. The molecule has 1 amide bonds. The predicted octanol–water partition coefficient (Wildman–Crippen LogP) is 2.84. The van der Waals surface area contributed by atoms with E-state index in [9.17, 15) is 9.59 Å². The summed E-state index contributed by atoms with van der Waals surface area (Å²) in [5, 5.41) is 7.87. The van der Waals surface area contributed by atoms with Crippen molar-refractivity contribution in [1.29, 1.82) is 0 Å². The summed E-state index contributed by atoms with van der Waals surface area (Å²) in [5.74, 6) is -0.499. The highest BCUT2D eigenvalue weighted by Crippen LogP contribution is 2.21. The third kappa shape index (κ3) is 5.93. The molecular formula is C25H29ClN6O3. The van der Waals surface area contributed by atoms with Crippen LogP contribution in [-0.4, -0.2) is 72.9 Å². The predicted molar refractivity (Wildman–Crippen MR) is 136 cm³/mol. The van der Waals surface area contributed by atoms with Crippen molar-refractivity contribution >= 4 is 35.0 Å². The largest absolute Gasteiger partial charge is 0.465 e. The Morgan fingerprint density at radius 1 is 1.09 bits per heavy atom. The zero-order valence-electron chi connectivity index (χ0n) is 19.6.